The second kappa shape index (κ2) is 9.15. The lowest BCUT2D eigenvalue weighted by atomic mass is 10.1. The average molecular weight is 348 g/mol. The maximum absolute atomic E-state index is 13.0. The first-order chi connectivity index (χ1) is 12.0. The van der Waals surface area contributed by atoms with Gasteiger partial charge in [-0.2, -0.15) is 0 Å². The molecule has 1 aromatic carbocycles. The zero-order valence-corrected chi connectivity index (χ0v) is 14.8. The van der Waals surface area contributed by atoms with Crippen molar-refractivity contribution < 1.29 is 14.0 Å². The number of halogens is 1. The van der Waals surface area contributed by atoms with E-state index in [0.717, 1.165) is 5.56 Å². The summed E-state index contributed by atoms with van der Waals surface area (Å²) in [6, 6.07) is 6.34. The van der Waals surface area contributed by atoms with Gasteiger partial charge in [0.2, 0.25) is 11.8 Å². The van der Waals surface area contributed by atoms with Crippen molar-refractivity contribution in [3.63, 3.8) is 0 Å². The molecule has 0 atom stereocenters. The Morgan fingerprint density at radius 1 is 1.24 bits per heavy atom. The van der Waals surface area contributed by atoms with Crippen LogP contribution >= 0.6 is 0 Å². The molecule has 1 aliphatic heterocycles. The number of rotatable bonds is 6. The van der Waals surface area contributed by atoms with Crippen molar-refractivity contribution >= 4 is 17.8 Å². The van der Waals surface area contributed by atoms with E-state index in [1.165, 1.54) is 17.0 Å². The molecule has 0 aliphatic carbocycles. The van der Waals surface area contributed by atoms with Crippen molar-refractivity contribution in [3.05, 3.63) is 35.6 Å². The number of amides is 2. The molecule has 1 N–H and O–H groups in total. The maximum atomic E-state index is 13.0. The number of carbonyl (C=O) groups is 2. The molecule has 2 amide bonds. The summed E-state index contributed by atoms with van der Waals surface area (Å²) in [5.74, 6) is 0.193. The minimum Gasteiger partial charge on any atom is -0.357 e. The molecule has 1 aromatic rings. The molecule has 0 saturated carbocycles. The molecule has 1 aliphatic rings. The van der Waals surface area contributed by atoms with Gasteiger partial charge in [-0.15, -0.1) is 0 Å². The van der Waals surface area contributed by atoms with Gasteiger partial charge in [-0.1, -0.05) is 12.1 Å². The number of benzene rings is 1. The summed E-state index contributed by atoms with van der Waals surface area (Å²) in [4.78, 5) is 31.3. The van der Waals surface area contributed by atoms with E-state index in [1.54, 1.807) is 12.1 Å². The molecule has 25 heavy (non-hydrogen) atoms. The SMILES string of the molecule is CCNC(=NCCN1C(=O)CCCC1=O)N(C)Cc1ccc(F)cc1. The highest BCUT2D eigenvalue weighted by molar-refractivity contribution is 5.97. The third kappa shape index (κ3) is 5.55. The Morgan fingerprint density at radius 2 is 1.88 bits per heavy atom. The van der Waals surface area contributed by atoms with Crippen LogP contribution in [-0.2, 0) is 16.1 Å². The van der Waals surface area contributed by atoms with Crippen molar-refractivity contribution in [2.75, 3.05) is 26.7 Å². The van der Waals surface area contributed by atoms with Gasteiger partial charge in [0.15, 0.2) is 5.96 Å². The minimum atomic E-state index is -0.261. The summed E-state index contributed by atoms with van der Waals surface area (Å²) in [5.41, 5.74) is 0.968. The number of hydrogen-bond donors (Lipinski definition) is 1. The van der Waals surface area contributed by atoms with Gasteiger partial charge in [-0.25, -0.2) is 4.39 Å². The van der Waals surface area contributed by atoms with Gasteiger partial charge >= 0.3 is 0 Å². The van der Waals surface area contributed by atoms with Crippen LogP contribution in [0.3, 0.4) is 0 Å². The highest BCUT2D eigenvalue weighted by atomic mass is 19.1. The molecule has 7 heteroatoms. The summed E-state index contributed by atoms with van der Waals surface area (Å²) < 4.78 is 13.0. The molecule has 136 valence electrons. The van der Waals surface area contributed by atoms with Crippen LogP contribution in [0, 0.1) is 5.82 Å². The quantitative estimate of drug-likeness (QED) is 0.483. The number of aliphatic imine (C=N–C) groups is 1. The van der Waals surface area contributed by atoms with Gasteiger partial charge in [-0.05, 0) is 31.0 Å². The molecule has 0 bridgehead atoms. The first-order valence-corrected chi connectivity index (χ1v) is 8.58. The fourth-order valence-electron chi connectivity index (χ4n) is 2.71. The fourth-order valence-corrected chi connectivity index (χ4v) is 2.71. The second-order valence-corrected chi connectivity index (χ2v) is 6.01. The molecular weight excluding hydrogens is 323 g/mol. The average Bonchev–Trinajstić information content (AvgIpc) is 2.58. The van der Waals surface area contributed by atoms with Gasteiger partial charge in [0.1, 0.15) is 5.82 Å². The molecular formula is C18H25FN4O2. The van der Waals surface area contributed by atoms with Crippen LogP contribution < -0.4 is 5.32 Å². The van der Waals surface area contributed by atoms with Gasteiger partial charge < -0.3 is 10.2 Å². The molecule has 0 radical (unpaired) electrons. The van der Waals surface area contributed by atoms with E-state index in [1.807, 2.05) is 18.9 Å². The van der Waals surface area contributed by atoms with Gasteiger partial charge in [0.05, 0.1) is 6.54 Å². The number of carbonyl (C=O) groups excluding carboxylic acids is 2. The van der Waals surface area contributed by atoms with Crippen LogP contribution in [0.15, 0.2) is 29.3 Å². The Labute approximate surface area is 147 Å². The van der Waals surface area contributed by atoms with E-state index in [-0.39, 0.29) is 17.6 Å². The molecule has 6 nitrogen and oxygen atoms in total. The van der Waals surface area contributed by atoms with Crippen molar-refractivity contribution in [2.24, 2.45) is 4.99 Å². The molecule has 0 unspecified atom stereocenters. The van der Waals surface area contributed by atoms with Crippen LogP contribution in [0.2, 0.25) is 0 Å². The monoisotopic (exact) mass is 348 g/mol. The normalized spacial score (nSPS) is 15.5. The van der Waals surface area contributed by atoms with E-state index >= 15 is 0 Å². The predicted molar refractivity (Wildman–Crippen MR) is 94.4 cm³/mol. The van der Waals surface area contributed by atoms with Crippen LogP contribution in [0.5, 0.6) is 0 Å². The van der Waals surface area contributed by atoms with Gasteiger partial charge in [-0.3, -0.25) is 19.5 Å². The third-order valence-corrected chi connectivity index (χ3v) is 4.00. The number of nitrogens with one attached hydrogen (secondary N) is 1. The molecule has 0 aromatic heterocycles. The van der Waals surface area contributed by atoms with Crippen LogP contribution in [0.4, 0.5) is 4.39 Å². The molecule has 1 heterocycles. The summed E-state index contributed by atoms with van der Waals surface area (Å²) >= 11 is 0. The van der Waals surface area contributed by atoms with Crippen molar-refractivity contribution in [1.82, 2.24) is 15.1 Å². The Hall–Kier alpha value is -2.44. The first kappa shape index (κ1) is 18.9. The number of piperidine rings is 1. The Kier molecular flexibility index (Phi) is 6.91. The number of guanidine groups is 1. The number of likely N-dealkylation sites (tertiary alicyclic amines) is 1. The minimum absolute atomic E-state index is 0.115. The summed E-state index contributed by atoms with van der Waals surface area (Å²) in [6.45, 7) is 3.91. The van der Waals surface area contributed by atoms with Gasteiger partial charge in [0, 0.05) is 39.5 Å². The number of nitrogens with zero attached hydrogens (tertiary/aromatic N) is 3. The molecule has 2 rings (SSSR count). The topological polar surface area (TPSA) is 65.0 Å². The third-order valence-electron chi connectivity index (χ3n) is 4.00. The zero-order valence-electron chi connectivity index (χ0n) is 14.8. The predicted octanol–water partition coefficient (Wildman–Crippen LogP) is 1.76. The smallest absolute Gasteiger partial charge is 0.229 e. The van der Waals surface area contributed by atoms with E-state index in [9.17, 15) is 14.0 Å². The van der Waals surface area contributed by atoms with Crippen LogP contribution in [-0.4, -0.2) is 54.3 Å². The number of hydrogen-bond acceptors (Lipinski definition) is 3. The molecule has 1 fully saturated rings. The summed E-state index contributed by atoms with van der Waals surface area (Å²) in [5, 5.41) is 3.19. The molecule has 1 saturated heterocycles. The van der Waals surface area contributed by atoms with Gasteiger partial charge in [0.25, 0.3) is 0 Å². The zero-order chi connectivity index (χ0) is 18.2. The lowest BCUT2D eigenvalue weighted by molar-refractivity contribution is -0.147. The second-order valence-electron chi connectivity index (χ2n) is 6.01. The lowest BCUT2D eigenvalue weighted by Crippen LogP contribution is -2.42. The van der Waals surface area contributed by atoms with Crippen LogP contribution in [0.25, 0.3) is 0 Å². The first-order valence-electron chi connectivity index (χ1n) is 8.58. The van der Waals surface area contributed by atoms with Crippen LogP contribution in [0.1, 0.15) is 31.7 Å². The van der Waals surface area contributed by atoms with Crippen molar-refractivity contribution in [1.29, 1.82) is 0 Å². The molecule has 0 spiro atoms. The van der Waals surface area contributed by atoms with Crippen molar-refractivity contribution in [3.8, 4) is 0 Å². The highest BCUT2D eigenvalue weighted by Crippen LogP contribution is 2.11. The number of imide groups is 1. The Morgan fingerprint density at radius 3 is 2.48 bits per heavy atom. The Bertz CT molecular complexity index is 614. The summed E-state index contributed by atoms with van der Waals surface area (Å²) in [6.07, 6.45) is 1.50. The largest absolute Gasteiger partial charge is 0.357 e. The summed E-state index contributed by atoms with van der Waals surface area (Å²) in [7, 11) is 1.89. The Balaban J connectivity index is 1.95. The maximum Gasteiger partial charge on any atom is 0.229 e. The van der Waals surface area contributed by atoms with Crippen molar-refractivity contribution in [2.45, 2.75) is 32.7 Å². The van der Waals surface area contributed by atoms with E-state index in [4.69, 9.17) is 0 Å². The fraction of sp³-hybridized carbons (Fsp3) is 0.500. The van der Waals surface area contributed by atoms with E-state index in [0.29, 0.717) is 51.4 Å². The van der Waals surface area contributed by atoms with E-state index < -0.39 is 0 Å². The highest BCUT2D eigenvalue weighted by Gasteiger charge is 2.25. The van der Waals surface area contributed by atoms with E-state index in [2.05, 4.69) is 10.3 Å². The standard InChI is InChI=1S/C18H25FN4O2/c1-3-20-18(22(2)13-14-7-9-15(19)10-8-14)21-11-12-23-16(24)5-4-6-17(23)25/h7-10H,3-6,11-13H2,1-2H3,(H,20,21). The lowest BCUT2D eigenvalue weighted by Gasteiger charge is -2.25.